The van der Waals surface area contributed by atoms with Crippen molar-refractivity contribution in [1.29, 1.82) is 0 Å². The maximum atomic E-state index is 11.2. The van der Waals surface area contributed by atoms with Crippen molar-refractivity contribution in [2.45, 2.75) is 77.9 Å². The lowest BCUT2D eigenvalue weighted by Gasteiger charge is -2.14. The summed E-state index contributed by atoms with van der Waals surface area (Å²) in [5.74, 6) is 1.47. The molecule has 4 heteroatoms. The Morgan fingerprint density at radius 1 is 0.700 bits per heavy atom. The number of rotatable bonds is 19. The number of carbonyl (C=O) groups is 1. The van der Waals surface area contributed by atoms with Crippen molar-refractivity contribution < 1.29 is 19.0 Å². The molecule has 0 radical (unpaired) electrons. The van der Waals surface area contributed by atoms with E-state index >= 15 is 0 Å². The fourth-order valence-electron chi connectivity index (χ4n) is 4.40. The van der Waals surface area contributed by atoms with E-state index in [-0.39, 0.29) is 5.97 Å². The maximum absolute atomic E-state index is 11.2. The van der Waals surface area contributed by atoms with E-state index in [1.165, 1.54) is 50.2 Å². The molecule has 0 heterocycles. The molecule has 0 amide bonds. The highest BCUT2D eigenvalue weighted by atomic mass is 16.5. The van der Waals surface area contributed by atoms with Crippen LogP contribution < -0.4 is 9.47 Å². The van der Waals surface area contributed by atoms with E-state index in [0.29, 0.717) is 19.8 Å². The first-order chi connectivity index (χ1) is 19.7. The van der Waals surface area contributed by atoms with Crippen molar-refractivity contribution in [2.24, 2.45) is 0 Å². The van der Waals surface area contributed by atoms with Gasteiger partial charge in [0.25, 0.3) is 0 Å². The average Bonchev–Trinajstić information content (AvgIpc) is 2.99. The Kier molecular flexibility index (Phi) is 14.8. The maximum Gasteiger partial charge on any atom is 0.330 e. The third-order valence-electron chi connectivity index (χ3n) is 6.61. The number of aryl methyl sites for hydroxylation is 1. The minimum absolute atomic E-state index is 0.284. The normalized spacial score (nSPS) is 11.2. The van der Waals surface area contributed by atoms with Gasteiger partial charge in [-0.3, -0.25) is 0 Å². The lowest BCUT2D eigenvalue weighted by molar-refractivity contribution is -0.137. The predicted molar refractivity (Wildman–Crippen MR) is 164 cm³/mol. The predicted octanol–water partition coefficient (Wildman–Crippen LogP) is 9.18. The highest BCUT2D eigenvalue weighted by Crippen LogP contribution is 2.28. The van der Waals surface area contributed by atoms with Crippen LogP contribution in [0.2, 0.25) is 0 Å². The summed E-state index contributed by atoms with van der Waals surface area (Å²) in [7, 11) is 0. The molecule has 40 heavy (non-hydrogen) atoms. The molecule has 0 bridgehead atoms. The molecule has 3 aromatic carbocycles. The lowest BCUT2D eigenvalue weighted by atomic mass is 10.0. The minimum Gasteiger partial charge on any atom is -0.489 e. The van der Waals surface area contributed by atoms with Gasteiger partial charge in [0, 0.05) is 12.1 Å². The number of carbonyl (C=O) groups excluding carboxylic acids is 1. The largest absolute Gasteiger partial charge is 0.489 e. The molecule has 3 rings (SSSR count). The molecular weight excluding hydrogens is 496 g/mol. The molecule has 4 nitrogen and oxygen atoms in total. The quantitative estimate of drug-likeness (QED) is 0.0658. The number of allylic oxidation sites excluding steroid dienone is 3. The molecule has 0 aliphatic rings. The minimum atomic E-state index is -0.284. The second-order valence-corrected chi connectivity index (χ2v) is 9.87. The number of benzene rings is 3. The molecular formula is C36H44O4. The number of ether oxygens (including phenoxy) is 3. The van der Waals surface area contributed by atoms with Crippen LogP contribution >= 0.6 is 0 Å². The van der Waals surface area contributed by atoms with Crippen LogP contribution in [0.25, 0.3) is 0 Å². The molecule has 0 spiro atoms. The topological polar surface area (TPSA) is 44.8 Å². The SMILES string of the molecule is CCOC(=O)C=CC=CCCCCCCCCCc1ccc(OCc2ccccc2)cc1OCc1ccccc1. The second kappa shape index (κ2) is 19.3. The van der Waals surface area contributed by atoms with Crippen LogP contribution in [0.1, 0.15) is 75.0 Å². The molecule has 0 saturated heterocycles. The van der Waals surface area contributed by atoms with Crippen molar-refractivity contribution in [3.05, 3.63) is 120 Å². The summed E-state index contributed by atoms with van der Waals surface area (Å²) >= 11 is 0. The number of hydrogen-bond donors (Lipinski definition) is 0. The van der Waals surface area contributed by atoms with Gasteiger partial charge in [-0.05, 0) is 55.4 Å². The lowest BCUT2D eigenvalue weighted by Crippen LogP contribution is -2.01. The molecule has 212 valence electrons. The van der Waals surface area contributed by atoms with Crippen molar-refractivity contribution in [3.8, 4) is 11.5 Å². The summed E-state index contributed by atoms with van der Waals surface area (Å²) in [5, 5.41) is 0. The van der Waals surface area contributed by atoms with Crippen LogP contribution in [0.3, 0.4) is 0 Å². The summed E-state index contributed by atoms with van der Waals surface area (Å²) < 4.78 is 17.2. The van der Waals surface area contributed by atoms with Crippen molar-refractivity contribution in [1.82, 2.24) is 0 Å². The van der Waals surface area contributed by atoms with E-state index in [1.54, 1.807) is 6.08 Å². The van der Waals surface area contributed by atoms with E-state index in [1.807, 2.05) is 55.5 Å². The highest BCUT2D eigenvalue weighted by Gasteiger charge is 2.08. The van der Waals surface area contributed by atoms with Crippen LogP contribution in [0, 0.1) is 0 Å². The molecule has 0 unspecified atom stereocenters. The van der Waals surface area contributed by atoms with Gasteiger partial charge in [0.15, 0.2) is 0 Å². The van der Waals surface area contributed by atoms with Crippen LogP contribution in [-0.4, -0.2) is 12.6 Å². The first-order valence-electron chi connectivity index (χ1n) is 14.7. The van der Waals surface area contributed by atoms with Crippen molar-refractivity contribution in [3.63, 3.8) is 0 Å². The van der Waals surface area contributed by atoms with Gasteiger partial charge >= 0.3 is 5.97 Å². The zero-order chi connectivity index (χ0) is 28.1. The standard InChI is InChI=1S/C36H44O4/c1-2-38-36(37)25-19-11-9-7-5-3-4-6-8-10-18-24-33-26-27-34(39-29-31-20-14-12-15-21-31)28-35(33)40-30-32-22-16-13-17-23-32/h9,11-17,19-23,25-28H,2-8,10,18,24,29-30H2,1H3. The summed E-state index contributed by atoms with van der Waals surface area (Å²) in [4.78, 5) is 11.2. The molecule has 0 fully saturated rings. The van der Waals surface area contributed by atoms with Gasteiger partial charge in [0.05, 0.1) is 6.61 Å². The van der Waals surface area contributed by atoms with E-state index in [2.05, 4.69) is 42.5 Å². The van der Waals surface area contributed by atoms with Gasteiger partial charge in [-0.1, -0.05) is 117 Å². The zero-order valence-electron chi connectivity index (χ0n) is 23.9. The first kappa shape index (κ1) is 30.7. The van der Waals surface area contributed by atoms with E-state index in [9.17, 15) is 4.79 Å². The fraction of sp³-hybridized carbons (Fsp3) is 0.361. The van der Waals surface area contributed by atoms with E-state index in [4.69, 9.17) is 14.2 Å². The number of hydrogen-bond acceptors (Lipinski definition) is 4. The van der Waals surface area contributed by atoms with Crippen LogP contribution in [-0.2, 0) is 29.2 Å². The summed E-state index contributed by atoms with van der Waals surface area (Å²) in [6.07, 6.45) is 17.9. The van der Waals surface area contributed by atoms with Gasteiger partial charge in [-0.25, -0.2) is 4.79 Å². The van der Waals surface area contributed by atoms with Gasteiger partial charge in [0.1, 0.15) is 24.7 Å². The first-order valence-corrected chi connectivity index (χ1v) is 14.7. The van der Waals surface area contributed by atoms with Gasteiger partial charge in [-0.15, -0.1) is 0 Å². The van der Waals surface area contributed by atoms with Crippen molar-refractivity contribution in [2.75, 3.05) is 6.61 Å². The Bertz CT molecular complexity index is 1150. The van der Waals surface area contributed by atoms with E-state index < -0.39 is 0 Å². The molecule has 0 aliphatic heterocycles. The smallest absolute Gasteiger partial charge is 0.330 e. The number of unbranched alkanes of at least 4 members (excludes halogenated alkanes) is 7. The zero-order valence-corrected chi connectivity index (χ0v) is 23.9. The molecule has 0 aliphatic carbocycles. The monoisotopic (exact) mass is 540 g/mol. The number of esters is 1. The average molecular weight is 541 g/mol. The Balaban J connectivity index is 1.37. The fourth-order valence-corrected chi connectivity index (χ4v) is 4.40. The van der Waals surface area contributed by atoms with Gasteiger partial charge < -0.3 is 14.2 Å². The Morgan fingerprint density at radius 3 is 2.00 bits per heavy atom. The highest BCUT2D eigenvalue weighted by molar-refractivity contribution is 5.82. The summed E-state index contributed by atoms with van der Waals surface area (Å²) in [5.41, 5.74) is 3.55. The molecule has 0 N–H and O–H groups in total. The van der Waals surface area contributed by atoms with Gasteiger partial charge in [0.2, 0.25) is 0 Å². The third kappa shape index (κ3) is 12.8. The van der Waals surface area contributed by atoms with Crippen LogP contribution in [0.5, 0.6) is 11.5 Å². The van der Waals surface area contributed by atoms with Crippen LogP contribution in [0.4, 0.5) is 0 Å². The Labute approximate surface area is 240 Å². The van der Waals surface area contributed by atoms with Crippen molar-refractivity contribution >= 4 is 5.97 Å². The molecule has 0 aromatic heterocycles. The molecule has 0 saturated carbocycles. The second-order valence-electron chi connectivity index (χ2n) is 9.87. The summed E-state index contributed by atoms with van der Waals surface area (Å²) in [6, 6.07) is 26.8. The van der Waals surface area contributed by atoms with Crippen LogP contribution in [0.15, 0.2) is 103 Å². The summed E-state index contributed by atoms with van der Waals surface area (Å²) in [6.45, 7) is 3.31. The van der Waals surface area contributed by atoms with E-state index in [0.717, 1.165) is 41.9 Å². The van der Waals surface area contributed by atoms with Gasteiger partial charge in [-0.2, -0.15) is 0 Å². The molecule has 0 atom stereocenters. The Hall–Kier alpha value is -3.79. The molecule has 3 aromatic rings. The third-order valence-corrected chi connectivity index (χ3v) is 6.61. The Morgan fingerprint density at radius 2 is 1.32 bits per heavy atom.